The summed E-state index contributed by atoms with van der Waals surface area (Å²) in [6, 6.07) is 17.4. The number of aromatic nitrogens is 1. The van der Waals surface area contributed by atoms with Crippen molar-refractivity contribution in [2.75, 3.05) is 11.0 Å². The molecule has 0 unspecified atom stereocenters. The Hall–Kier alpha value is -2.74. The lowest BCUT2D eigenvalue weighted by Gasteiger charge is -2.24. The van der Waals surface area contributed by atoms with Crippen LogP contribution in [0.25, 0.3) is 21.8 Å². The molecular weight excluding hydrogens is 471 g/mol. The van der Waals surface area contributed by atoms with Gasteiger partial charge in [-0.1, -0.05) is 41.4 Å². The minimum Gasteiger partial charge on any atom is -0.443 e. The second-order valence-electron chi connectivity index (χ2n) is 7.19. The number of benzene rings is 3. The first kappa shape index (κ1) is 22.5. The van der Waals surface area contributed by atoms with Crippen LogP contribution in [0.2, 0.25) is 10.0 Å². The van der Waals surface area contributed by atoms with Crippen LogP contribution in [0.15, 0.2) is 65.6 Å². The summed E-state index contributed by atoms with van der Waals surface area (Å²) in [5, 5.41) is 2.27. The number of hydrogen-bond donors (Lipinski definition) is 0. The molecule has 3 aromatic carbocycles. The zero-order valence-corrected chi connectivity index (χ0v) is 19.7. The lowest BCUT2D eigenvalue weighted by molar-refractivity contribution is -0.140. The molecule has 4 aromatic rings. The minimum atomic E-state index is -4.14. The molecule has 1 heterocycles. The number of esters is 1. The predicted octanol–water partition coefficient (Wildman–Crippen LogP) is 5.84. The fourth-order valence-electron chi connectivity index (χ4n) is 3.77. The van der Waals surface area contributed by atoms with E-state index < -0.39 is 22.7 Å². The van der Waals surface area contributed by atoms with Crippen molar-refractivity contribution in [3.05, 3.63) is 70.7 Å². The van der Waals surface area contributed by atoms with Crippen molar-refractivity contribution in [2.45, 2.75) is 25.3 Å². The van der Waals surface area contributed by atoms with Crippen LogP contribution in [-0.2, 0) is 26.1 Å². The van der Waals surface area contributed by atoms with Crippen LogP contribution in [-0.4, -0.2) is 25.7 Å². The number of hydrogen-bond acceptors (Lipinski definition) is 4. The number of aryl methyl sites for hydroxylation is 1. The average Bonchev–Trinajstić information content (AvgIpc) is 3.06. The van der Waals surface area contributed by atoms with Gasteiger partial charge in [0.05, 0.1) is 10.6 Å². The highest BCUT2D eigenvalue weighted by Gasteiger charge is 2.27. The Bertz CT molecular complexity index is 1430. The zero-order chi connectivity index (χ0) is 23.0. The summed E-state index contributed by atoms with van der Waals surface area (Å²) in [4.78, 5) is 11.4. The highest BCUT2D eigenvalue weighted by Crippen LogP contribution is 2.34. The van der Waals surface area contributed by atoms with Crippen LogP contribution in [0.1, 0.15) is 13.8 Å². The molecule has 0 bridgehead atoms. The third-order valence-corrected chi connectivity index (χ3v) is 7.33. The normalized spacial score (nSPS) is 11.8. The fraction of sp³-hybridized carbons (Fsp3) is 0.174. The number of halogens is 2. The molecule has 0 aliphatic rings. The quantitative estimate of drug-likeness (QED) is 0.251. The first-order valence-corrected chi connectivity index (χ1v) is 12.0. The van der Waals surface area contributed by atoms with E-state index in [0.717, 1.165) is 32.7 Å². The van der Waals surface area contributed by atoms with Crippen molar-refractivity contribution in [3.63, 3.8) is 0 Å². The number of fused-ring (bicyclic) bond motifs is 3. The molecule has 0 N–H and O–H groups in total. The highest BCUT2D eigenvalue weighted by atomic mass is 35.5. The van der Waals surface area contributed by atoms with Gasteiger partial charge in [-0.15, -0.1) is 0 Å². The van der Waals surface area contributed by atoms with Gasteiger partial charge in [0.2, 0.25) is 0 Å². The summed E-state index contributed by atoms with van der Waals surface area (Å²) in [6.07, 6.45) is 0. The molecular formula is C23H20Cl2N2O4S. The summed E-state index contributed by atoms with van der Waals surface area (Å²) < 4.78 is 35.3. The van der Waals surface area contributed by atoms with E-state index in [9.17, 15) is 13.2 Å². The Labute approximate surface area is 195 Å². The van der Waals surface area contributed by atoms with Crippen LogP contribution in [0, 0.1) is 0 Å². The third kappa shape index (κ3) is 4.03. The molecule has 166 valence electrons. The Balaban J connectivity index is 1.92. The molecule has 0 saturated heterocycles. The Kier molecular flexibility index (Phi) is 6.07. The van der Waals surface area contributed by atoms with E-state index in [-0.39, 0.29) is 14.9 Å². The molecule has 0 spiro atoms. The molecule has 0 saturated carbocycles. The van der Waals surface area contributed by atoms with E-state index >= 15 is 0 Å². The van der Waals surface area contributed by atoms with Gasteiger partial charge < -0.3 is 9.30 Å². The molecule has 4 rings (SSSR count). The van der Waals surface area contributed by atoms with Gasteiger partial charge in [0, 0.05) is 45.3 Å². The van der Waals surface area contributed by atoms with Crippen LogP contribution in [0.3, 0.4) is 0 Å². The van der Waals surface area contributed by atoms with Crippen LogP contribution in [0.5, 0.6) is 0 Å². The predicted molar refractivity (Wildman–Crippen MR) is 128 cm³/mol. The molecule has 0 aliphatic carbocycles. The number of ether oxygens (including phenoxy) is 1. The molecule has 0 atom stereocenters. The third-order valence-electron chi connectivity index (χ3n) is 5.17. The van der Waals surface area contributed by atoms with Crippen molar-refractivity contribution in [1.82, 2.24) is 4.57 Å². The van der Waals surface area contributed by atoms with Gasteiger partial charge >= 0.3 is 5.97 Å². The van der Waals surface area contributed by atoms with Crippen molar-refractivity contribution in [3.8, 4) is 0 Å². The topological polar surface area (TPSA) is 68.6 Å². The number of sulfonamides is 1. The SMILES string of the molecule is CCn1c2ccccc2c2cc(N(COC(C)=O)S(=O)(=O)c3cc(Cl)cc(Cl)c3)ccc21. The minimum absolute atomic E-state index is 0.0989. The summed E-state index contributed by atoms with van der Waals surface area (Å²) in [7, 11) is -4.14. The molecule has 32 heavy (non-hydrogen) atoms. The zero-order valence-electron chi connectivity index (χ0n) is 17.4. The fourth-order valence-corrected chi connectivity index (χ4v) is 5.82. The molecule has 9 heteroatoms. The maximum Gasteiger partial charge on any atom is 0.304 e. The molecule has 0 aliphatic heterocycles. The average molecular weight is 491 g/mol. The van der Waals surface area contributed by atoms with E-state index in [4.69, 9.17) is 27.9 Å². The van der Waals surface area contributed by atoms with Crippen molar-refractivity contribution < 1.29 is 17.9 Å². The molecule has 1 aromatic heterocycles. The van der Waals surface area contributed by atoms with Crippen LogP contribution in [0.4, 0.5) is 5.69 Å². The maximum absolute atomic E-state index is 13.5. The van der Waals surface area contributed by atoms with Gasteiger partial charge in [0.15, 0.2) is 6.73 Å². The number of anilines is 1. The molecule has 0 radical (unpaired) electrons. The number of nitrogens with zero attached hydrogens (tertiary/aromatic N) is 2. The second-order valence-corrected chi connectivity index (χ2v) is 9.92. The highest BCUT2D eigenvalue weighted by molar-refractivity contribution is 7.92. The summed E-state index contributed by atoms with van der Waals surface area (Å²) in [6.45, 7) is 3.55. The first-order valence-electron chi connectivity index (χ1n) is 9.85. The largest absolute Gasteiger partial charge is 0.443 e. The lowest BCUT2D eigenvalue weighted by Crippen LogP contribution is -2.34. The van der Waals surface area contributed by atoms with Gasteiger partial charge in [-0.25, -0.2) is 12.7 Å². The number of para-hydroxylation sites is 1. The van der Waals surface area contributed by atoms with E-state index in [0.29, 0.717) is 5.69 Å². The monoisotopic (exact) mass is 490 g/mol. The van der Waals surface area contributed by atoms with Gasteiger partial charge in [-0.2, -0.15) is 0 Å². The Morgan fingerprint density at radius 2 is 1.62 bits per heavy atom. The summed E-state index contributed by atoms with van der Waals surface area (Å²) in [5.41, 5.74) is 2.39. The maximum atomic E-state index is 13.5. The van der Waals surface area contributed by atoms with Gasteiger partial charge in [-0.05, 0) is 49.4 Å². The molecule has 0 amide bonds. The van der Waals surface area contributed by atoms with Crippen molar-refractivity contribution in [2.24, 2.45) is 0 Å². The number of carbonyl (C=O) groups is 1. The van der Waals surface area contributed by atoms with Crippen molar-refractivity contribution >= 4 is 66.7 Å². The van der Waals surface area contributed by atoms with E-state index in [1.807, 2.05) is 30.3 Å². The summed E-state index contributed by atoms with van der Waals surface area (Å²) >= 11 is 12.1. The Morgan fingerprint density at radius 3 is 2.28 bits per heavy atom. The Morgan fingerprint density at radius 1 is 0.969 bits per heavy atom. The molecule has 0 fully saturated rings. The second kappa shape index (κ2) is 8.65. The van der Waals surface area contributed by atoms with E-state index in [2.05, 4.69) is 11.5 Å². The standard InChI is InChI=1S/C23H20Cl2N2O4S/c1-3-26-22-7-5-4-6-20(22)21-13-18(8-9-23(21)26)27(14-31-15(2)28)32(29,30)19-11-16(24)10-17(25)12-19/h4-13H,3,14H2,1-2H3. The smallest absolute Gasteiger partial charge is 0.304 e. The van der Waals surface area contributed by atoms with Crippen LogP contribution < -0.4 is 4.31 Å². The number of rotatable bonds is 6. The number of carbonyl (C=O) groups excluding carboxylic acids is 1. The van der Waals surface area contributed by atoms with Gasteiger partial charge in [0.1, 0.15) is 0 Å². The molecule has 6 nitrogen and oxygen atoms in total. The van der Waals surface area contributed by atoms with Crippen molar-refractivity contribution in [1.29, 1.82) is 0 Å². The van der Waals surface area contributed by atoms with E-state index in [1.54, 1.807) is 12.1 Å². The first-order chi connectivity index (χ1) is 15.2. The summed E-state index contributed by atoms with van der Waals surface area (Å²) in [5.74, 6) is -0.599. The van der Waals surface area contributed by atoms with Crippen LogP contribution >= 0.6 is 23.2 Å². The lowest BCUT2D eigenvalue weighted by atomic mass is 10.1. The van der Waals surface area contributed by atoms with E-state index in [1.165, 1.54) is 25.1 Å². The van der Waals surface area contributed by atoms with Gasteiger partial charge in [-0.3, -0.25) is 4.79 Å². The van der Waals surface area contributed by atoms with Gasteiger partial charge in [0.25, 0.3) is 10.0 Å².